The fourth-order valence-corrected chi connectivity index (χ4v) is 2.06. The molecule has 0 unspecified atom stereocenters. The molecule has 96 valence electrons. The van der Waals surface area contributed by atoms with Crippen LogP contribution < -0.4 is 10.6 Å². The number of rotatable bonds is 3. The van der Waals surface area contributed by atoms with Gasteiger partial charge in [0, 0.05) is 12.7 Å². The Labute approximate surface area is 111 Å². The Balaban J connectivity index is 1.88. The molecular weight excluding hydrogens is 238 g/mol. The van der Waals surface area contributed by atoms with E-state index in [9.17, 15) is 0 Å². The molecule has 0 bridgehead atoms. The van der Waals surface area contributed by atoms with Crippen molar-refractivity contribution < 1.29 is 4.42 Å². The van der Waals surface area contributed by atoms with Crippen LogP contribution in [0.25, 0.3) is 11.1 Å². The van der Waals surface area contributed by atoms with E-state index in [2.05, 4.69) is 22.0 Å². The van der Waals surface area contributed by atoms with Gasteiger partial charge in [-0.05, 0) is 24.3 Å². The number of hydrogen-bond acceptors (Lipinski definition) is 4. The first kappa shape index (κ1) is 11.6. The fraction of sp³-hybridized carbons (Fsp3) is 0.133. The molecule has 0 radical (unpaired) electrons. The van der Waals surface area contributed by atoms with Crippen molar-refractivity contribution in [1.29, 1.82) is 0 Å². The molecule has 1 heterocycles. The summed E-state index contributed by atoms with van der Waals surface area (Å²) in [6.45, 7) is 0.609. The smallest absolute Gasteiger partial charge is 0.215 e. The third-order valence-corrected chi connectivity index (χ3v) is 3.06. The van der Waals surface area contributed by atoms with E-state index in [1.807, 2.05) is 43.4 Å². The summed E-state index contributed by atoms with van der Waals surface area (Å²) in [6.07, 6.45) is 0. The highest BCUT2D eigenvalue weighted by atomic mass is 16.3. The van der Waals surface area contributed by atoms with Crippen LogP contribution in [0.3, 0.4) is 0 Å². The number of nitrogens with zero attached hydrogens (tertiary/aromatic N) is 2. The van der Waals surface area contributed by atoms with Crippen LogP contribution in [-0.4, -0.2) is 12.0 Å². The maximum absolute atomic E-state index is 5.88. The number of benzene rings is 2. The summed E-state index contributed by atoms with van der Waals surface area (Å²) >= 11 is 0. The maximum atomic E-state index is 5.88. The molecule has 2 aromatic carbocycles. The number of nitrogens with two attached hydrogens (primary N) is 1. The van der Waals surface area contributed by atoms with Crippen molar-refractivity contribution in [1.82, 2.24) is 4.98 Å². The van der Waals surface area contributed by atoms with E-state index in [-0.39, 0.29) is 0 Å². The third-order valence-electron chi connectivity index (χ3n) is 3.06. The van der Waals surface area contributed by atoms with Crippen molar-refractivity contribution >= 4 is 22.5 Å². The predicted molar refractivity (Wildman–Crippen MR) is 77.0 cm³/mol. The van der Waals surface area contributed by atoms with Gasteiger partial charge in [0.25, 0.3) is 0 Å². The molecule has 4 nitrogen and oxygen atoms in total. The van der Waals surface area contributed by atoms with Crippen LogP contribution in [0, 0.1) is 0 Å². The van der Waals surface area contributed by atoms with Crippen molar-refractivity contribution in [2.24, 2.45) is 0 Å². The summed E-state index contributed by atoms with van der Waals surface area (Å²) in [5, 5.41) is 0. The summed E-state index contributed by atoms with van der Waals surface area (Å²) in [4.78, 5) is 6.53. The maximum Gasteiger partial charge on any atom is 0.215 e. The molecule has 0 aliphatic carbocycles. The lowest BCUT2D eigenvalue weighted by atomic mass is 10.3. The lowest BCUT2D eigenvalue weighted by Crippen LogP contribution is -2.16. The predicted octanol–water partition coefficient (Wildman–Crippen LogP) is 3.05. The molecule has 3 aromatic rings. The molecule has 0 spiro atoms. The molecule has 0 aliphatic heterocycles. The summed E-state index contributed by atoms with van der Waals surface area (Å²) in [5.74, 6) is 0.666. The van der Waals surface area contributed by atoms with E-state index >= 15 is 0 Å². The average molecular weight is 253 g/mol. The number of aromatic nitrogens is 1. The van der Waals surface area contributed by atoms with Gasteiger partial charge in [-0.15, -0.1) is 0 Å². The number of para-hydroxylation sites is 2. The van der Waals surface area contributed by atoms with Gasteiger partial charge in [-0.1, -0.05) is 24.3 Å². The highest BCUT2D eigenvalue weighted by molar-refractivity contribution is 5.85. The van der Waals surface area contributed by atoms with Crippen LogP contribution in [-0.2, 0) is 6.54 Å². The van der Waals surface area contributed by atoms with Crippen LogP contribution in [0.4, 0.5) is 11.4 Å². The first-order valence-corrected chi connectivity index (χ1v) is 6.14. The molecule has 19 heavy (non-hydrogen) atoms. The summed E-state index contributed by atoms with van der Waals surface area (Å²) < 4.78 is 5.71. The molecule has 4 heteroatoms. The molecule has 2 N–H and O–H groups in total. The molecule has 0 atom stereocenters. The zero-order valence-electron chi connectivity index (χ0n) is 10.7. The SMILES string of the molecule is CN(Cc1nc2c(N)cccc2o1)c1ccccc1. The summed E-state index contributed by atoms with van der Waals surface area (Å²) in [6, 6.07) is 15.7. The van der Waals surface area contributed by atoms with E-state index in [0.717, 1.165) is 16.8 Å². The number of fused-ring (bicyclic) bond motifs is 1. The molecule has 0 aliphatic rings. The first-order chi connectivity index (χ1) is 9.24. The molecule has 0 amide bonds. The number of hydrogen-bond donors (Lipinski definition) is 1. The Hall–Kier alpha value is -2.49. The van der Waals surface area contributed by atoms with Crippen molar-refractivity contribution in [2.75, 3.05) is 17.7 Å². The zero-order chi connectivity index (χ0) is 13.2. The normalized spacial score (nSPS) is 10.8. The Morgan fingerprint density at radius 3 is 2.63 bits per heavy atom. The van der Waals surface area contributed by atoms with Crippen molar-refractivity contribution in [3.63, 3.8) is 0 Å². The molecule has 3 rings (SSSR count). The number of anilines is 2. The van der Waals surface area contributed by atoms with E-state index in [1.54, 1.807) is 0 Å². The molecule has 1 aromatic heterocycles. The monoisotopic (exact) mass is 253 g/mol. The Kier molecular flexibility index (Phi) is 2.83. The Morgan fingerprint density at radius 1 is 1.11 bits per heavy atom. The molecule has 0 saturated carbocycles. The quantitative estimate of drug-likeness (QED) is 0.729. The van der Waals surface area contributed by atoms with Gasteiger partial charge in [-0.25, -0.2) is 4.98 Å². The van der Waals surface area contributed by atoms with E-state index in [4.69, 9.17) is 10.2 Å². The van der Waals surface area contributed by atoms with Gasteiger partial charge in [0.1, 0.15) is 5.52 Å². The summed E-state index contributed by atoms with van der Waals surface area (Å²) in [7, 11) is 2.01. The van der Waals surface area contributed by atoms with Gasteiger partial charge in [-0.2, -0.15) is 0 Å². The zero-order valence-corrected chi connectivity index (χ0v) is 10.7. The first-order valence-electron chi connectivity index (χ1n) is 6.14. The molecule has 0 fully saturated rings. The van der Waals surface area contributed by atoms with Crippen LogP contribution in [0.5, 0.6) is 0 Å². The molecular formula is C15H15N3O. The van der Waals surface area contributed by atoms with Gasteiger partial charge in [-0.3, -0.25) is 0 Å². The van der Waals surface area contributed by atoms with E-state index in [1.165, 1.54) is 0 Å². The summed E-state index contributed by atoms with van der Waals surface area (Å²) in [5.41, 5.74) is 9.11. The second-order valence-corrected chi connectivity index (χ2v) is 4.49. The minimum Gasteiger partial charge on any atom is -0.439 e. The van der Waals surface area contributed by atoms with Crippen LogP contribution in [0.1, 0.15) is 5.89 Å². The van der Waals surface area contributed by atoms with Crippen molar-refractivity contribution in [3.05, 3.63) is 54.4 Å². The van der Waals surface area contributed by atoms with Crippen LogP contribution >= 0.6 is 0 Å². The fourth-order valence-electron chi connectivity index (χ4n) is 2.06. The van der Waals surface area contributed by atoms with Gasteiger partial charge in [0.2, 0.25) is 5.89 Å². The Bertz CT molecular complexity index is 691. The van der Waals surface area contributed by atoms with E-state index < -0.39 is 0 Å². The minimum absolute atomic E-state index is 0.609. The highest BCUT2D eigenvalue weighted by Gasteiger charge is 2.10. The van der Waals surface area contributed by atoms with Gasteiger partial charge in [0.05, 0.1) is 12.2 Å². The molecule has 0 saturated heterocycles. The van der Waals surface area contributed by atoms with Crippen LogP contribution in [0.15, 0.2) is 52.9 Å². The van der Waals surface area contributed by atoms with Gasteiger partial charge in [0.15, 0.2) is 5.58 Å². The van der Waals surface area contributed by atoms with Crippen LogP contribution in [0.2, 0.25) is 0 Å². The third kappa shape index (κ3) is 2.25. The largest absolute Gasteiger partial charge is 0.439 e. The van der Waals surface area contributed by atoms with Gasteiger partial charge < -0.3 is 15.1 Å². The minimum atomic E-state index is 0.609. The lowest BCUT2D eigenvalue weighted by Gasteiger charge is -2.16. The second-order valence-electron chi connectivity index (χ2n) is 4.49. The van der Waals surface area contributed by atoms with E-state index in [0.29, 0.717) is 18.1 Å². The lowest BCUT2D eigenvalue weighted by molar-refractivity contribution is 0.527. The highest BCUT2D eigenvalue weighted by Crippen LogP contribution is 2.22. The topological polar surface area (TPSA) is 55.3 Å². The number of oxazole rings is 1. The standard InChI is InChI=1S/C15H15N3O/c1-18(11-6-3-2-4-7-11)10-14-17-15-12(16)8-5-9-13(15)19-14/h2-9H,10,16H2,1H3. The second kappa shape index (κ2) is 4.65. The average Bonchev–Trinajstić information content (AvgIpc) is 2.84. The Morgan fingerprint density at radius 2 is 1.89 bits per heavy atom. The van der Waals surface area contributed by atoms with Crippen molar-refractivity contribution in [2.45, 2.75) is 6.54 Å². The van der Waals surface area contributed by atoms with Gasteiger partial charge >= 0.3 is 0 Å². The van der Waals surface area contributed by atoms with Crippen molar-refractivity contribution in [3.8, 4) is 0 Å². The number of nitrogen functional groups attached to an aromatic ring is 1.